The van der Waals surface area contributed by atoms with Gasteiger partial charge in [0.25, 0.3) is 0 Å². The monoisotopic (exact) mass is 103 g/mol. The molecule has 0 saturated heterocycles. The summed E-state index contributed by atoms with van der Waals surface area (Å²) in [7, 11) is 0. The molecule has 0 aromatic heterocycles. The van der Waals surface area contributed by atoms with Gasteiger partial charge in [-0.2, -0.15) is 0 Å². The summed E-state index contributed by atoms with van der Waals surface area (Å²) in [6.45, 7) is 1.77. The smallest absolute Gasteiger partial charge is 0.102 e. The number of thiol groups is 1. The van der Waals surface area contributed by atoms with Gasteiger partial charge in [-0.3, -0.25) is 0 Å². The molecule has 0 aromatic rings. The van der Waals surface area contributed by atoms with Gasteiger partial charge in [-0.1, -0.05) is 0 Å². The third-order valence-electron chi connectivity index (χ3n) is 0.875. The summed E-state index contributed by atoms with van der Waals surface area (Å²) in [5.41, 5.74) is 0. The highest BCUT2D eigenvalue weighted by Crippen LogP contribution is 2.31. The maximum atomic E-state index is 4.44. The average Bonchev–Trinajstić information content (AvgIpc) is 2.21. The van der Waals surface area contributed by atoms with Gasteiger partial charge in [0, 0.05) is 0 Å². The number of hydrogen-bond acceptors (Lipinski definition) is 2. The summed E-state index contributed by atoms with van der Waals surface area (Å²) in [4.78, 5) is 0. The van der Waals surface area contributed by atoms with Crippen LogP contribution in [0.3, 0.4) is 0 Å². The molecule has 0 unspecified atom stereocenters. The van der Waals surface area contributed by atoms with Crippen LogP contribution in [0.5, 0.6) is 0 Å². The first kappa shape index (κ1) is 4.47. The standard InChI is InChI=1S/C4H7OS/c6-5-3-4-1-2-4/h3-4,6H,1-2H2. The molecule has 1 nitrogen and oxygen atoms in total. The molecule has 6 heavy (non-hydrogen) atoms. The second-order valence-corrected chi connectivity index (χ2v) is 1.79. The lowest BCUT2D eigenvalue weighted by Crippen LogP contribution is -1.72. The maximum absolute atomic E-state index is 4.44. The molecule has 0 aliphatic heterocycles. The third kappa shape index (κ3) is 1.19. The lowest BCUT2D eigenvalue weighted by atomic mass is 10.5. The topological polar surface area (TPSA) is 9.23 Å². The number of rotatable bonds is 2. The zero-order chi connectivity index (χ0) is 4.41. The summed E-state index contributed by atoms with van der Waals surface area (Å²) in [5.74, 6) is 0.725. The Morgan fingerprint density at radius 1 is 1.67 bits per heavy atom. The maximum Gasteiger partial charge on any atom is 0.102 e. The Morgan fingerprint density at radius 3 is 2.50 bits per heavy atom. The van der Waals surface area contributed by atoms with E-state index in [2.05, 4.69) is 17.1 Å². The van der Waals surface area contributed by atoms with E-state index in [-0.39, 0.29) is 0 Å². The molecule has 2 heteroatoms. The number of hydrogen-bond donors (Lipinski definition) is 1. The fourth-order valence-electron chi connectivity index (χ4n) is 0.318. The van der Waals surface area contributed by atoms with Crippen molar-refractivity contribution in [2.24, 2.45) is 5.92 Å². The molecule has 0 heterocycles. The van der Waals surface area contributed by atoms with Crippen molar-refractivity contribution in [3.63, 3.8) is 0 Å². The van der Waals surface area contributed by atoms with Crippen molar-refractivity contribution in [1.29, 1.82) is 0 Å². The summed E-state index contributed by atoms with van der Waals surface area (Å²) < 4.78 is 4.44. The first-order chi connectivity index (χ1) is 2.93. The zero-order valence-corrected chi connectivity index (χ0v) is 4.32. The van der Waals surface area contributed by atoms with Crippen LogP contribution in [0.25, 0.3) is 0 Å². The van der Waals surface area contributed by atoms with Crippen LogP contribution in [0.4, 0.5) is 0 Å². The lowest BCUT2D eigenvalue weighted by molar-refractivity contribution is 0.454. The van der Waals surface area contributed by atoms with E-state index < -0.39 is 0 Å². The van der Waals surface area contributed by atoms with Crippen molar-refractivity contribution in [3.8, 4) is 0 Å². The quantitative estimate of drug-likeness (QED) is 0.411. The van der Waals surface area contributed by atoms with E-state index in [1.807, 2.05) is 0 Å². The van der Waals surface area contributed by atoms with Gasteiger partial charge in [-0.15, -0.1) is 0 Å². The predicted octanol–water partition coefficient (Wildman–Crippen LogP) is 1.42. The fourth-order valence-corrected chi connectivity index (χ4v) is 0.491. The molecule has 35 valence electrons. The van der Waals surface area contributed by atoms with Gasteiger partial charge in [0.05, 0.1) is 0 Å². The minimum absolute atomic E-state index is 0.725. The van der Waals surface area contributed by atoms with E-state index >= 15 is 0 Å². The van der Waals surface area contributed by atoms with Gasteiger partial charge < -0.3 is 4.18 Å². The molecule has 0 amide bonds. The fraction of sp³-hybridized carbons (Fsp3) is 0.750. The minimum atomic E-state index is 0.725. The molecule has 0 atom stereocenters. The first-order valence-corrected chi connectivity index (χ1v) is 2.43. The molecular weight excluding hydrogens is 96.1 g/mol. The van der Waals surface area contributed by atoms with Crippen LogP contribution in [0.15, 0.2) is 0 Å². The van der Waals surface area contributed by atoms with Crippen LogP contribution >= 0.6 is 12.9 Å². The van der Waals surface area contributed by atoms with Crippen LogP contribution in [-0.2, 0) is 4.18 Å². The van der Waals surface area contributed by atoms with Crippen LogP contribution in [-0.4, -0.2) is 0 Å². The molecule has 0 aromatic carbocycles. The molecule has 1 aliphatic carbocycles. The highest BCUT2D eigenvalue weighted by molar-refractivity contribution is 7.75. The van der Waals surface area contributed by atoms with Gasteiger partial charge in [-0.05, 0) is 31.7 Å². The van der Waals surface area contributed by atoms with E-state index in [1.165, 1.54) is 12.8 Å². The van der Waals surface area contributed by atoms with E-state index in [9.17, 15) is 0 Å². The Kier molecular flexibility index (Phi) is 1.37. The largest absolute Gasteiger partial charge is 0.312 e. The summed E-state index contributed by atoms with van der Waals surface area (Å²) in [6, 6.07) is 0. The van der Waals surface area contributed by atoms with Crippen LogP contribution in [0.1, 0.15) is 12.8 Å². The normalized spacial score (nSPS) is 21.5. The molecule has 1 rings (SSSR count). The van der Waals surface area contributed by atoms with E-state index in [0.717, 1.165) is 5.92 Å². The molecular formula is C4H7OS. The summed E-state index contributed by atoms with van der Waals surface area (Å²) in [5, 5.41) is 0. The van der Waals surface area contributed by atoms with Gasteiger partial charge in [0.2, 0.25) is 0 Å². The van der Waals surface area contributed by atoms with Crippen LogP contribution in [0, 0.1) is 12.5 Å². The van der Waals surface area contributed by atoms with Gasteiger partial charge in [0.1, 0.15) is 6.61 Å². The molecule has 1 fully saturated rings. The van der Waals surface area contributed by atoms with E-state index in [0.29, 0.717) is 0 Å². The highest BCUT2D eigenvalue weighted by Gasteiger charge is 2.21. The molecule has 0 spiro atoms. The Balaban J connectivity index is 1.88. The SMILES string of the molecule is SO[CH]C1CC1. The zero-order valence-electron chi connectivity index (χ0n) is 3.42. The first-order valence-electron chi connectivity index (χ1n) is 2.07. The van der Waals surface area contributed by atoms with Crippen molar-refractivity contribution in [2.75, 3.05) is 0 Å². The van der Waals surface area contributed by atoms with Crippen molar-refractivity contribution in [3.05, 3.63) is 6.61 Å². The minimum Gasteiger partial charge on any atom is -0.312 e. The Labute approximate surface area is 43.3 Å². The molecule has 1 radical (unpaired) electrons. The van der Waals surface area contributed by atoms with Crippen LogP contribution < -0.4 is 0 Å². The highest BCUT2D eigenvalue weighted by atomic mass is 32.1. The van der Waals surface area contributed by atoms with Crippen molar-refractivity contribution >= 4 is 12.9 Å². The van der Waals surface area contributed by atoms with Crippen molar-refractivity contribution < 1.29 is 4.18 Å². The Hall–Kier alpha value is 0.310. The van der Waals surface area contributed by atoms with E-state index in [1.54, 1.807) is 6.61 Å². The molecule has 0 N–H and O–H groups in total. The lowest BCUT2D eigenvalue weighted by Gasteiger charge is -1.83. The summed E-state index contributed by atoms with van der Waals surface area (Å²) in [6.07, 6.45) is 2.58. The van der Waals surface area contributed by atoms with Crippen LogP contribution in [0.2, 0.25) is 0 Å². The van der Waals surface area contributed by atoms with Gasteiger partial charge >= 0.3 is 0 Å². The second-order valence-electron chi connectivity index (χ2n) is 1.58. The van der Waals surface area contributed by atoms with Crippen molar-refractivity contribution in [1.82, 2.24) is 0 Å². The third-order valence-corrected chi connectivity index (χ3v) is 0.997. The Bertz CT molecular complexity index is 42.8. The average molecular weight is 103 g/mol. The summed E-state index contributed by atoms with van der Waals surface area (Å²) >= 11 is 3.54. The van der Waals surface area contributed by atoms with E-state index in [4.69, 9.17) is 0 Å². The molecule has 1 saturated carbocycles. The molecule has 0 bridgehead atoms. The molecule has 1 aliphatic rings. The van der Waals surface area contributed by atoms with Crippen molar-refractivity contribution in [2.45, 2.75) is 12.8 Å². The predicted molar refractivity (Wildman–Crippen MR) is 27.1 cm³/mol. The van der Waals surface area contributed by atoms with Gasteiger partial charge in [0.15, 0.2) is 0 Å². The van der Waals surface area contributed by atoms with Gasteiger partial charge in [-0.25, -0.2) is 0 Å². The second kappa shape index (κ2) is 1.85. The Morgan fingerprint density at radius 2 is 2.33 bits per heavy atom.